The second-order valence-electron chi connectivity index (χ2n) is 7.27. The minimum atomic E-state index is 0.216. The highest BCUT2D eigenvalue weighted by Gasteiger charge is 2.34. The van der Waals surface area contributed by atoms with Crippen LogP contribution in [-0.2, 0) is 11.2 Å². The monoisotopic (exact) mass is 330 g/mol. The summed E-state index contributed by atoms with van der Waals surface area (Å²) in [7, 11) is 0. The van der Waals surface area contributed by atoms with Gasteiger partial charge in [-0.25, -0.2) is 0 Å². The molecule has 0 N–H and O–H groups in total. The molecule has 1 aromatic heterocycles. The van der Waals surface area contributed by atoms with Crippen LogP contribution in [0, 0.1) is 5.92 Å². The summed E-state index contributed by atoms with van der Waals surface area (Å²) in [6.45, 7) is 11.4. The lowest BCUT2D eigenvalue weighted by molar-refractivity contribution is -0.128. The molecular formula is C19H30N4O. The number of nitrogens with zero attached hydrogens (tertiary/aromatic N) is 4. The maximum Gasteiger partial charge on any atom is 0.219 e. The Morgan fingerprint density at radius 2 is 2.08 bits per heavy atom. The van der Waals surface area contributed by atoms with Gasteiger partial charge in [0.05, 0.1) is 0 Å². The van der Waals surface area contributed by atoms with Gasteiger partial charge in [-0.05, 0) is 24.5 Å². The minimum absolute atomic E-state index is 0.216. The van der Waals surface area contributed by atoms with Crippen molar-refractivity contribution in [3.63, 3.8) is 0 Å². The van der Waals surface area contributed by atoms with Crippen molar-refractivity contribution in [2.75, 3.05) is 45.8 Å². The van der Waals surface area contributed by atoms with Gasteiger partial charge in [0.25, 0.3) is 0 Å². The highest BCUT2D eigenvalue weighted by molar-refractivity contribution is 5.73. The zero-order valence-corrected chi connectivity index (χ0v) is 15.0. The topological polar surface area (TPSA) is 39.7 Å². The van der Waals surface area contributed by atoms with Gasteiger partial charge >= 0.3 is 0 Å². The third-order valence-corrected chi connectivity index (χ3v) is 5.50. The van der Waals surface area contributed by atoms with Crippen molar-refractivity contribution in [3.05, 3.63) is 30.1 Å². The zero-order chi connectivity index (χ0) is 16.9. The van der Waals surface area contributed by atoms with Gasteiger partial charge < -0.3 is 9.80 Å². The van der Waals surface area contributed by atoms with Gasteiger partial charge in [0.15, 0.2) is 0 Å². The van der Waals surface area contributed by atoms with Gasteiger partial charge in [-0.15, -0.1) is 0 Å². The van der Waals surface area contributed by atoms with E-state index in [1.54, 1.807) is 6.92 Å². The van der Waals surface area contributed by atoms with Crippen molar-refractivity contribution in [3.8, 4) is 0 Å². The fourth-order valence-corrected chi connectivity index (χ4v) is 4.11. The summed E-state index contributed by atoms with van der Waals surface area (Å²) < 4.78 is 0. The molecule has 2 fully saturated rings. The number of pyridine rings is 1. The summed E-state index contributed by atoms with van der Waals surface area (Å²) in [5, 5.41) is 0. The Morgan fingerprint density at radius 3 is 2.83 bits per heavy atom. The maximum absolute atomic E-state index is 11.6. The third-order valence-electron chi connectivity index (χ3n) is 5.50. The molecule has 24 heavy (non-hydrogen) atoms. The average Bonchev–Trinajstić information content (AvgIpc) is 2.80. The number of carbonyl (C=O) groups excluding carboxylic acids is 1. The van der Waals surface area contributed by atoms with Crippen molar-refractivity contribution in [2.24, 2.45) is 5.92 Å². The molecule has 1 amide bonds. The number of hydrogen-bond donors (Lipinski definition) is 0. The molecule has 0 aliphatic carbocycles. The Morgan fingerprint density at radius 1 is 1.21 bits per heavy atom. The number of amides is 1. The van der Waals surface area contributed by atoms with Gasteiger partial charge in [-0.2, -0.15) is 0 Å². The largest absolute Gasteiger partial charge is 0.342 e. The third kappa shape index (κ3) is 4.33. The Labute approximate surface area is 145 Å². The van der Waals surface area contributed by atoms with Gasteiger partial charge in [0.1, 0.15) is 0 Å². The first-order chi connectivity index (χ1) is 11.6. The Balaban J connectivity index is 1.51. The molecule has 1 aromatic rings. The molecule has 0 aromatic carbocycles. The van der Waals surface area contributed by atoms with Gasteiger partial charge in [-0.3, -0.25) is 14.7 Å². The van der Waals surface area contributed by atoms with Crippen molar-refractivity contribution < 1.29 is 4.79 Å². The molecule has 2 atom stereocenters. The standard InChI is InChI=1S/C19H30N4O/c1-16-14-21(11-7-18-6-3-4-8-20-18)15-19(16)23-10-5-9-22(12-13-23)17(2)24/h3-4,6,8,16,19H,5,7,9-15H2,1-2H3/t16-,19-/m0/s1. The Bertz CT molecular complexity index is 535. The van der Waals surface area contributed by atoms with E-state index in [0.29, 0.717) is 12.0 Å². The molecule has 132 valence electrons. The molecule has 5 nitrogen and oxygen atoms in total. The van der Waals surface area contributed by atoms with Crippen LogP contribution in [0.5, 0.6) is 0 Å². The lowest BCUT2D eigenvalue weighted by Crippen LogP contribution is -2.43. The van der Waals surface area contributed by atoms with E-state index in [4.69, 9.17) is 0 Å². The van der Waals surface area contributed by atoms with Crippen LogP contribution in [-0.4, -0.2) is 77.4 Å². The second kappa shape index (κ2) is 8.08. The highest BCUT2D eigenvalue weighted by Crippen LogP contribution is 2.23. The van der Waals surface area contributed by atoms with E-state index in [2.05, 4.69) is 33.8 Å². The first-order valence-electron chi connectivity index (χ1n) is 9.25. The molecule has 0 spiro atoms. The van der Waals surface area contributed by atoms with E-state index in [1.165, 1.54) is 12.2 Å². The Hall–Kier alpha value is -1.46. The fraction of sp³-hybridized carbons (Fsp3) is 0.684. The fourth-order valence-electron chi connectivity index (χ4n) is 4.11. The van der Waals surface area contributed by atoms with Gasteiger partial charge in [-0.1, -0.05) is 13.0 Å². The quantitative estimate of drug-likeness (QED) is 0.839. The predicted octanol–water partition coefficient (Wildman–Crippen LogP) is 1.50. The molecule has 5 heteroatoms. The lowest BCUT2D eigenvalue weighted by Gasteiger charge is -2.30. The lowest BCUT2D eigenvalue weighted by atomic mass is 10.0. The van der Waals surface area contributed by atoms with Gasteiger partial charge in [0, 0.05) is 77.1 Å². The number of rotatable bonds is 4. The maximum atomic E-state index is 11.6. The van der Waals surface area contributed by atoms with Crippen molar-refractivity contribution in [2.45, 2.75) is 32.7 Å². The van der Waals surface area contributed by atoms with E-state index >= 15 is 0 Å². The SMILES string of the molecule is CC(=O)N1CCCN([C@H]2CN(CCc3ccccn3)C[C@@H]2C)CC1. The minimum Gasteiger partial charge on any atom is -0.342 e. The molecule has 0 bridgehead atoms. The molecular weight excluding hydrogens is 300 g/mol. The Kier molecular flexibility index (Phi) is 5.85. The zero-order valence-electron chi connectivity index (χ0n) is 15.0. The summed E-state index contributed by atoms with van der Waals surface area (Å²) in [6.07, 6.45) is 4.00. The van der Waals surface area contributed by atoms with Gasteiger partial charge in [0.2, 0.25) is 5.91 Å². The summed E-state index contributed by atoms with van der Waals surface area (Å²) in [4.78, 5) is 23.2. The smallest absolute Gasteiger partial charge is 0.219 e. The molecule has 2 aliphatic rings. The van der Waals surface area contributed by atoms with Crippen LogP contribution in [0.15, 0.2) is 24.4 Å². The highest BCUT2D eigenvalue weighted by atomic mass is 16.2. The van der Waals surface area contributed by atoms with E-state index in [9.17, 15) is 4.79 Å². The summed E-state index contributed by atoms with van der Waals surface area (Å²) in [6, 6.07) is 6.78. The molecule has 3 rings (SSSR count). The number of likely N-dealkylation sites (tertiary alicyclic amines) is 1. The van der Waals surface area contributed by atoms with Crippen LogP contribution in [0.1, 0.15) is 26.0 Å². The second-order valence-corrected chi connectivity index (χ2v) is 7.27. The molecule has 2 saturated heterocycles. The summed E-state index contributed by atoms with van der Waals surface area (Å²) >= 11 is 0. The van der Waals surface area contributed by atoms with E-state index in [-0.39, 0.29) is 5.91 Å². The molecule has 2 aliphatic heterocycles. The van der Waals surface area contributed by atoms with Crippen LogP contribution >= 0.6 is 0 Å². The molecule has 0 radical (unpaired) electrons. The predicted molar refractivity (Wildman–Crippen MR) is 95.8 cm³/mol. The van der Waals surface area contributed by atoms with Crippen molar-refractivity contribution in [1.82, 2.24) is 19.7 Å². The first kappa shape index (κ1) is 17.4. The molecule has 3 heterocycles. The van der Waals surface area contributed by atoms with Crippen LogP contribution < -0.4 is 0 Å². The van der Waals surface area contributed by atoms with E-state index in [1.807, 2.05) is 17.2 Å². The summed E-state index contributed by atoms with van der Waals surface area (Å²) in [5.41, 5.74) is 1.18. The first-order valence-corrected chi connectivity index (χ1v) is 9.25. The molecule has 0 saturated carbocycles. The van der Waals surface area contributed by atoms with Crippen LogP contribution in [0.4, 0.5) is 0 Å². The van der Waals surface area contributed by atoms with Crippen LogP contribution in [0.25, 0.3) is 0 Å². The van der Waals surface area contributed by atoms with Crippen LogP contribution in [0.2, 0.25) is 0 Å². The number of hydrogen-bond acceptors (Lipinski definition) is 4. The number of carbonyl (C=O) groups is 1. The van der Waals surface area contributed by atoms with E-state index < -0.39 is 0 Å². The van der Waals surface area contributed by atoms with E-state index in [0.717, 1.165) is 52.1 Å². The van der Waals surface area contributed by atoms with Crippen molar-refractivity contribution >= 4 is 5.91 Å². The summed E-state index contributed by atoms with van der Waals surface area (Å²) in [5.74, 6) is 0.908. The molecule has 0 unspecified atom stereocenters. The van der Waals surface area contributed by atoms with Crippen LogP contribution in [0.3, 0.4) is 0 Å². The number of aromatic nitrogens is 1. The normalized spacial score (nSPS) is 26.5. The average molecular weight is 330 g/mol. The van der Waals surface area contributed by atoms with Crippen molar-refractivity contribution in [1.29, 1.82) is 0 Å².